The smallest absolute Gasteiger partial charge is 0.312 e. The minimum absolute atomic E-state index is 0.0216. The fourth-order valence-corrected chi connectivity index (χ4v) is 6.00. The number of carboxylic acids is 1. The van der Waals surface area contributed by atoms with Gasteiger partial charge in [-0.1, -0.05) is 12.8 Å². The molecule has 4 nitrogen and oxygen atoms in total. The molecule has 1 fully saturated rings. The first-order chi connectivity index (χ1) is 15.7. The van der Waals surface area contributed by atoms with Gasteiger partial charge in [-0.05, 0) is 70.2 Å². The molecule has 0 aromatic heterocycles. The van der Waals surface area contributed by atoms with Crippen LogP contribution in [0.15, 0.2) is 21.9 Å². The Labute approximate surface area is 207 Å². The molecular weight excluding hydrogens is 490 g/mol. The predicted molar refractivity (Wildman–Crippen MR) is 129 cm³/mol. The molecule has 0 saturated heterocycles. The number of alkyl halides is 4. The molecule has 192 valence electrons. The zero-order chi connectivity index (χ0) is 25.3. The van der Waals surface area contributed by atoms with Crippen LogP contribution in [-0.2, 0) is 4.79 Å². The molecule has 1 unspecified atom stereocenters. The summed E-state index contributed by atoms with van der Waals surface area (Å²) in [5, 5.41) is 6.16. The van der Waals surface area contributed by atoms with Crippen LogP contribution < -0.4 is 9.64 Å². The normalized spacial score (nSPS) is 21.3. The van der Waals surface area contributed by atoms with Gasteiger partial charge in [0.25, 0.3) is 0 Å². The first-order valence-corrected chi connectivity index (χ1v) is 13.6. The van der Waals surface area contributed by atoms with E-state index in [-0.39, 0.29) is 25.6 Å². The summed E-state index contributed by atoms with van der Waals surface area (Å²) < 4.78 is 63.8. The second-order valence-electron chi connectivity index (χ2n) is 10.0. The van der Waals surface area contributed by atoms with Crippen LogP contribution in [0.2, 0.25) is 0 Å². The lowest BCUT2D eigenvalue weighted by Crippen LogP contribution is -2.41. The highest BCUT2D eigenvalue weighted by molar-refractivity contribution is 8.00. The number of anilines is 1. The summed E-state index contributed by atoms with van der Waals surface area (Å²) in [6.45, 7) is 3.75. The molecular formula is C24H33F4NO3S2. The largest absolute Gasteiger partial charge is 0.491 e. The highest BCUT2D eigenvalue weighted by Crippen LogP contribution is 2.53. The third kappa shape index (κ3) is 6.47. The van der Waals surface area contributed by atoms with E-state index in [9.17, 15) is 18.7 Å². The molecule has 1 N–H and O–H groups in total. The Balaban J connectivity index is 1.99. The number of ether oxygens (including phenoxy) is 1. The summed E-state index contributed by atoms with van der Waals surface area (Å²) >= 11 is 1.80. The van der Waals surface area contributed by atoms with Crippen LogP contribution in [0.25, 0.3) is 0 Å². The molecule has 0 spiro atoms. The molecule has 0 bridgehead atoms. The second kappa shape index (κ2) is 10.4. The molecule has 1 aromatic rings. The van der Waals surface area contributed by atoms with Crippen LogP contribution in [0.3, 0.4) is 0 Å². The third-order valence-corrected chi connectivity index (χ3v) is 8.47. The second-order valence-corrected chi connectivity index (χ2v) is 12.0. The lowest BCUT2D eigenvalue weighted by Gasteiger charge is -2.34. The number of rotatable bonds is 9. The molecule has 34 heavy (non-hydrogen) atoms. The molecule has 10 heteroatoms. The first kappa shape index (κ1) is 27.3. The van der Waals surface area contributed by atoms with Gasteiger partial charge in [-0.15, -0.1) is 11.8 Å². The zero-order valence-electron chi connectivity index (χ0n) is 20.0. The average molecular weight is 524 g/mol. The van der Waals surface area contributed by atoms with Crippen LogP contribution in [0.1, 0.15) is 59.3 Å². The van der Waals surface area contributed by atoms with Gasteiger partial charge in [-0.25, -0.2) is 8.78 Å². The van der Waals surface area contributed by atoms with Crippen LogP contribution in [0.4, 0.5) is 23.2 Å². The number of hydrogen-bond acceptors (Lipinski definition) is 5. The van der Waals surface area contributed by atoms with Gasteiger partial charge >= 0.3 is 11.2 Å². The summed E-state index contributed by atoms with van der Waals surface area (Å²) in [5.41, 5.74) is -0.470. The van der Waals surface area contributed by atoms with Gasteiger partial charge in [-0.2, -0.15) is 8.78 Å². The standard InChI is InChI=1S/C24H33F4NO3S2/c1-22(2,21(30)31)14-32-18-12-19-17(11-20(18)33-4)29(16-7-5-6-8-16)13-15(24(27,28)34-19)9-10-23(3,25)26/h11-12,15-16H,5-10,13-14H2,1-4H3,(H,30,31). The Bertz CT molecular complexity index is 886. The van der Waals surface area contributed by atoms with Gasteiger partial charge in [0, 0.05) is 23.9 Å². The predicted octanol–water partition coefficient (Wildman–Crippen LogP) is 7.40. The molecule has 0 amide bonds. The summed E-state index contributed by atoms with van der Waals surface area (Å²) in [7, 11) is 0. The van der Waals surface area contributed by atoms with E-state index in [1.807, 2.05) is 17.2 Å². The lowest BCUT2D eigenvalue weighted by molar-refractivity contribution is -0.148. The molecule has 1 aliphatic carbocycles. The van der Waals surface area contributed by atoms with Gasteiger partial charge in [0.1, 0.15) is 12.4 Å². The maximum atomic E-state index is 15.4. The number of carbonyl (C=O) groups is 1. The van der Waals surface area contributed by atoms with Crippen molar-refractivity contribution in [2.24, 2.45) is 11.3 Å². The topological polar surface area (TPSA) is 49.8 Å². The molecule has 1 atom stereocenters. The molecule has 2 aliphatic rings. The van der Waals surface area contributed by atoms with Crippen LogP contribution >= 0.6 is 23.5 Å². The molecule has 0 radical (unpaired) electrons. The van der Waals surface area contributed by atoms with E-state index >= 15 is 8.78 Å². The van der Waals surface area contributed by atoms with Gasteiger partial charge < -0.3 is 14.7 Å². The van der Waals surface area contributed by atoms with Crippen molar-refractivity contribution in [2.45, 2.75) is 86.3 Å². The van der Waals surface area contributed by atoms with E-state index in [0.29, 0.717) is 28.1 Å². The lowest BCUT2D eigenvalue weighted by atomic mass is 9.95. The molecule has 3 rings (SSSR count). The van der Waals surface area contributed by atoms with Crippen molar-refractivity contribution in [3.8, 4) is 5.75 Å². The van der Waals surface area contributed by atoms with Gasteiger partial charge in [-0.3, -0.25) is 4.79 Å². The van der Waals surface area contributed by atoms with E-state index in [1.54, 1.807) is 6.07 Å². The SMILES string of the molecule is CSc1cc2c(cc1OCC(C)(C)C(=O)O)SC(F)(F)C(CCC(C)(F)F)CN2C1CCCC1. The van der Waals surface area contributed by atoms with Gasteiger partial charge in [0.05, 0.1) is 21.9 Å². The van der Waals surface area contributed by atoms with Crippen molar-refractivity contribution < 1.29 is 32.2 Å². The fourth-order valence-electron chi connectivity index (χ4n) is 4.35. The third-order valence-electron chi connectivity index (χ3n) is 6.56. The van der Waals surface area contributed by atoms with Crippen molar-refractivity contribution in [1.82, 2.24) is 0 Å². The number of hydrogen-bond donors (Lipinski definition) is 1. The van der Waals surface area contributed by atoms with E-state index in [1.165, 1.54) is 25.6 Å². The summed E-state index contributed by atoms with van der Waals surface area (Å²) in [4.78, 5) is 14.5. The maximum Gasteiger partial charge on any atom is 0.312 e. The molecule has 1 aromatic carbocycles. The molecule has 1 aliphatic heterocycles. The van der Waals surface area contributed by atoms with Crippen LogP contribution in [0, 0.1) is 11.3 Å². The van der Waals surface area contributed by atoms with Gasteiger partial charge in [0.15, 0.2) is 0 Å². The van der Waals surface area contributed by atoms with Crippen molar-refractivity contribution in [3.05, 3.63) is 12.1 Å². The fraction of sp³-hybridized carbons (Fsp3) is 0.708. The Kier molecular flexibility index (Phi) is 8.32. The van der Waals surface area contributed by atoms with E-state index in [0.717, 1.165) is 37.5 Å². The Morgan fingerprint density at radius 1 is 1.26 bits per heavy atom. The van der Waals surface area contributed by atoms with Crippen LogP contribution in [-0.4, -0.2) is 47.7 Å². The zero-order valence-corrected chi connectivity index (χ0v) is 21.6. The van der Waals surface area contributed by atoms with Crippen molar-refractivity contribution in [2.75, 3.05) is 24.3 Å². The summed E-state index contributed by atoms with van der Waals surface area (Å²) in [6.07, 6.45) is 4.78. The minimum Gasteiger partial charge on any atom is -0.491 e. The number of halogens is 4. The summed E-state index contributed by atoms with van der Waals surface area (Å²) in [5.74, 6) is -4.88. The number of carboxylic acid groups (broad SMARTS) is 1. The quantitative estimate of drug-likeness (QED) is 0.269. The average Bonchev–Trinajstić information content (AvgIpc) is 3.22. The Morgan fingerprint density at radius 2 is 1.91 bits per heavy atom. The number of thioether (sulfide) groups is 2. The van der Waals surface area contributed by atoms with E-state index in [2.05, 4.69) is 0 Å². The van der Waals surface area contributed by atoms with Crippen LogP contribution in [0.5, 0.6) is 5.75 Å². The van der Waals surface area contributed by atoms with E-state index < -0.39 is 34.9 Å². The number of aliphatic carboxylic acids is 1. The van der Waals surface area contributed by atoms with Crippen molar-refractivity contribution >= 4 is 35.2 Å². The molecule has 1 saturated carbocycles. The number of fused-ring (bicyclic) bond motifs is 1. The highest BCUT2D eigenvalue weighted by Gasteiger charge is 2.47. The molecule has 1 heterocycles. The summed E-state index contributed by atoms with van der Waals surface area (Å²) in [6, 6.07) is 3.49. The van der Waals surface area contributed by atoms with Crippen molar-refractivity contribution in [1.29, 1.82) is 0 Å². The van der Waals surface area contributed by atoms with E-state index in [4.69, 9.17) is 4.74 Å². The maximum absolute atomic E-state index is 15.4. The highest BCUT2D eigenvalue weighted by atomic mass is 32.2. The van der Waals surface area contributed by atoms with Gasteiger partial charge in [0.2, 0.25) is 5.92 Å². The first-order valence-electron chi connectivity index (χ1n) is 11.5. The number of benzene rings is 1. The minimum atomic E-state index is -3.23. The Morgan fingerprint density at radius 3 is 2.47 bits per heavy atom. The number of nitrogens with zero attached hydrogens (tertiary/aromatic N) is 1. The Hall–Kier alpha value is -1.29. The monoisotopic (exact) mass is 523 g/mol. The van der Waals surface area contributed by atoms with Crippen molar-refractivity contribution in [3.63, 3.8) is 0 Å².